The molecule has 2 aromatic rings. The van der Waals surface area contributed by atoms with Gasteiger partial charge in [-0.2, -0.15) is 0 Å². The minimum absolute atomic E-state index is 0.0805. The van der Waals surface area contributed by atoms with E-state index >= 15 is 0 Å². The highest BCUT2D eigenvalue weighted by Crippen LogP contribution is 2.37. The van der Waals surface area contributed by atoms with E-state index in [0.29, 0.717) is 6.54 Å². The Bertz CT molecular complexity index is 624. The Morgan fingerprint density at radius 2 is 1.90 bits per heavy atom. The van der Waals surface area contributed by atoms with Crippen LogP contribution in [0.4, 0.5) is 15.9 Å². The van der Waals surface area contributed by atoms with Gasteiger partial charge in [-0.25, -0.2) is 9.37 Å². The van der Waals surface area contributed by atoms with Gasteiger partial charge in [-0.15, -0.1) is 0 Å². The molecule has 112 valence electrons. The van der Waals surface area contributed by atoms with Gasteiger partial charge >= 0.3 is 0 Å². The summed E-state index contributed by atoms with van der Waals surface area (Å²) in [4.78, 5) is 3.65. The average Bonchev–Trinajstić information content (AvgIpc) is 2.49. The molecule has 2 rings (SSSR count). The minimum Gasteiger partial charge on any atom is -0.502 e. The van der Waals surface area contributed by atoms with E-state index in [-0.39, 0.29) is 28.8 Å². The van der Waals surface area contributed by atoms with Crippen LogP contribution < -0.4 is 20.5 Å². The number of halogens is 1. The summed E-state index contributed by atoms with van der Waals surface area (Å²) >= 11 is 0. The lowest BCUT2D eigenvalue weighted by Gasteiger charge is -2.13. The van der Waals surface area contributed by atoms with Crippen LogP contribution in [0.2, 0.25) is 0 Å². The molecule has 0 unspecified atom stereocenters. The van der Waals surface area contributed by atoms with E-state index in [0.717, 1.165) is 5.56 Å². The molecule has 0 aliphatic rings. The number of benzene rings is 1. The Kier molecular flexibility index (Phi) is 4.32. The highest BCUT2D eigenvalue weighted by Gasteiger charge is 2.12. The van der Waals surface area contributed by atoms with Gasteiger partial charge in [-0.3, -0.25) is 0 Å². The van der Waals surface area contributed by atoms with Crippen LogP contribution in [0.1, 0.15) is 5.56 Å². The van der Waals surface area contributed by atoms with Gasteiger partial charge in [0.25, 0.3) is 0 Å². The number of pyridine rings is 1. The van der Waals surface area contributed by atoms with Gasteiger partial charge in [0.2, 0.25) is 5.75 Å². The van der Waals surface area contributed by atoms with Crippen molar-refractivity contribution in [1.82, 2.24) is 4.98 Å². The molecule has 0 saturated heterocycles. The fraction of sp³-hybridized carbons (Fsp3) is 0.214. The molecule has 0 amide bonds. The lowest BCUT2D eigenvalue weighted by atomic mass is 10.1. The molecule has 4 N–H and O–H groups in total. The normalized spacial score (nSPS) is 10.2. The molecule has 0 radical (unpaired) electrons. The molecule has 0 fully saturated rings. The topological polar surface area (TPSA) is 89.6 Å². The number of nitrogen functional groups attached to an aromatic ring is 1. The number of phenols is 1. The van der Waals surface area contributed by atoms with Crippen molar-refractivity contribution < 1.29 is 19.0 Å². The number of anilines is 2. The molecule has 7 heteroatoms. The third kappa shape index (κ3) is 3.07. The van der Waals surface area contributed by atoms with Gasteiger partial charge in [0.1, 0.15) is 0 Å². The first-order valence-electron chi connectivity index (χ1n) is 6.14. The van der Waals surface area contributed by atoms with Crippen LogP contribution in [0.25, 0.3) is 0 Å². The van der Waals surface area contributed by atoms with Crippen molar-refractivity contribution >= 4 is 11.5 Å². The molecular weight excluding hydrogens is 277 g/mol. The number of aromatic nitrogens is 1. The summed E-state index contributed by atoms with van der Waals surface area (Å²) in [7, 11) is 2.88. The van der Waals surface area contributed by atoms with Gasteiger partial charge in [0, 0.05) is 12.7 Å². The van der Waals surface area contributed by atoms with E-state index in [1.165, 1.54) is 26.5 Å². The number of methoxy groups -OCH3 is 2. The second kappa shape index (κ2) is 6.17. The molecule has 6 nitrogen and oxygen atoms in total. The summed E-state index contributed by atoms with van der Waals surface area (Å²) in [5, 5.41) is 12.7. The number of nitrogens with two attached hydrogens (primary N) is 1. The van der Waals surface area contributed by atoms with Crippen molar-refractivity contribution in [2.75, 3.05) is 25.3 Å². The molecule has 21 heavy (non-hydrogen) atoms. The highest BCUT2D eigenvalue weighted by atomic mass is 19.1. The van der Waals surface area contributed by atoms with E-state index in [1.54, 1.807) is 12.1 Å². The van der Waals surface area contributed by atoms with E-state index in [1.807, 2.05) is 0 Å². The van der Waals surface area contributed by atoms with Gasteiger partial charge in [-0.05, 0) is 23.8 Å². The number of hydrogen-bond acceptors (Lipinski definition) is 6. The summed E-state index contributed by atoms with van der Waals surface area (Å²) in [5.74, 6) is -0.291. The zero-order valence-corrected chi connectivity index (χ0v) is 11.7. The first kappa shape index (κ1) is 14.7. The highest BCUT2D eigenvalue weighted by molar-refractivity contribution is 5.55. The second-order valence-corrected chi connectivity index (χ2v) is 4.26. The number of nitrogens with zero attached hydrogens (tertiary/aromatic N) is 1. The SMILES string of the molecule is COc1cc(CNc2ccnc(N)c2F)cc(OC)c1O. The summed E-state index contributed by atoms with van der Waals surface area (Å²) in [6.07, 6.45) is 1.42. The van der Waals surface area contributed by atoms with Gasteiger partial charge < -0.3 is 25.6 Å². The molecule has 0 spiro atoms. The Balaban J connectivity index is 2.22. The van der Waals surface area contributed by atoms with Crippen molar-refractivity contribution in [2.24, 2.45) is 0 Å². The summed E-state index contributed by atoms with van der Waals surface area (Å²) in [5.41, 5.74) is 6.39. The number of phenolic OH excluding ortho intramolecular Hbond substituents is 1. The second-order valence-electron chi connectivity index (χ2n) is 4.26. The largest absolute Gasteiger partial charge is 0.502 e. The molecule has 0 saturated carbocycles. The molecule has 1 aromatic carbocycles. The van der Waals surface area contributed by atoms with Crippen LogP contribution in [0.5, 0.6) is 17.2 Å². The lowest BCUT2D eigenvalue weighted by molar-refractivity contribution is 0.339. The fourth-order valence-corrected chi connectivity index (χ4v) is 1.84. The maximum absolute atomic E-state index is 13.7. The van der Waals surface area contributed by atoms with E-state index in [9.17, 15) is 9.50 Å². The van der Waals surface area contributed by atoms with Crippen molar-refractivity contribution in [2.45, 2.75) is 6.54 Å². The summed E-state index contributed by atoms with van der Waals surface area (Å²) < 4.78 is 23.8. The average molecular weight is 293 g/mol. The quantitative estimate of drug-likeness (QED) is 0.782. The molecule has 1 aromatic heterocycles. The minimum atomic E-state index is -0.602. The number of rotatable bonds is 5. The Morgan fingerprint density at radius 3 is 2.48 bits per heavy atom. The zero-order chi connectivity index (χ0) is 15.4. The molecule has 1 heterocycles. The van der Waals surface area contributed by atoms with Gasteiger partial charge in [0.15, 0.2) is 23.1 Å². The van der Waals surface area contributed by atoms with Gasteiger partial charge in [-0.1, -0.05) is 0 Å². The first-order chi connectivity index (χ1) is 10.1. The van der Waals surface area contributed by atoms with Crippen LogP contribution in [-0.4, -0.2) is 24.3 Å². The summed E-state index contributed by atoms with van der Waals surface area (Å²) in [6.45, 7) is 0.299. The maximum Gasteiger partial charge on any atom is 0.200 e. The van der Waals surface area contributed by atoms with Crippen molar-refractivity contribution in [3.63, 3.8) is 0 Å². The van der Waals surface area contributed by atoms with Crippen LogP contribution in [0.15, 0.2) is 24.4 Å². The monoisotopic (exact) mass is 293 g/mol. The number of hydrogen-bond donors (Lipinski definition) is 3. The van der Waals surface area contributed by atoms with E-state index in [4.69, 9.17) is 15.2 Å². The third-order valence-corrected chi connectivity index (χ3v) is 2.94. The Morgan fingerprint density at radius 1 is 1.29 bits per heavy atom. The third-order valence-electron chi connectivity index (χ3n) is 2.94. The number of aromatic hydroxyl groups is 1. The Hall–Kier alpha value is -2.70. The van der Waals surface area contributed by atoms with Crippen molar-refractivity contribution in [3.8, 4) is 17.2 Å². The van der Waals surface area contributed by atoms with E-state index < -0.39 is 5.82 Å². The van der Waals surface area contributed by atoms with E-state index in [2.05, 4.69) is 10.3 Å². The van der Waals surface area contributed by atoms with Crippen molar-refractivity contribution in [1.29, 1.82) is 0 Å². The number of nitrogens with one attached hydrogen (secondary N) is 1. The predicted octanol–water partition coefficient (Wildman–Crippen LogP) is 2.14. The van der Waals surface area contributed by atoms with Crippen LogP contribution in [-0.2, 0) is 6.54 Å². The standard InChI is InChI=1S/C14H16FN3O3/c1-20-10-5-8(6-11(21-2)13(10)19)7-18-9-3-4-17-14(16)12(9)15/h3-6,19H,7H2,1-2H3,(H3,16,17,18). The van der Waals surface area contributed by atoms with Crippen molar-refractivity contribution in [3.05, 3.63) is 35.8 Å². The predicted molar refractivity (Wildman–Crippen MR) is 77.1 cm³/mol. The molecule has 0 bridgehead atoms. The lowest BCUT2D eigenvalue weighted by Crippen LogP contribution is -2.05. The number of ether oxygens (including phenoxy) is 2. The smallest absolute Gasteiger partial charge is 0.200 e. The molecule has 0 atom stereocenters. The molecule has 0 aliphatic heterocycles. The zero-order valence-electron chi connectivity index (χ0n) is 11.7. The van der Waals surface area contributed by atoms with Crippen LogP contribution in [0.3, 0.4) is 0 Å². The molecular formula is C14H16FN3O3. The summed E-state index contributed by atoms with van der Waals surface area (Å²) in [6, 6.07) is 4.75. The van der Waals surface area contributed by atoms with Crippen LogP contribution >= 0.6 is 0 Å². The van der Waals surface area contributed by atoms with Crippen LogP contribution in [0, 0.1) is 5.82 Å². The van der Waals surface area contributed by atoms with Gasteiger partial charge in [0.05, 0.1) is 19.9 Å². The maximum atomic E-state index is 13.7. The molecule has 0 aliphatic carbocycles. The fourth-order valence-electron chi connectivity index (χ4n) is 1.84. The Labute approximate surface area is 121 Å². The first-order valence-corrected chi connectivity index (χ1v) is 6.14.